The van der Waals surface area contributed by atoms with Crippen molar-refractivity contribution in [3.05, 3.63) is 59.4 Å². The van der Waals surface area contributed by atoms with Crippen LogP contribution in [0, 0.1) is 0 Å². The van der Waals surface area contributed by atoms with E-state index in [4.69, 9.17) is 20.9 Å². The topological polar surface area (TPSA) is 77.2 Å². The van der Waals surface area contributed by atoms with Gasteiger partial charge in [-0.25, -0.2) is 0 Å². The fourth-order valence-corrected chi connectivity index (χ4v) is 2.44. The Balaban J connectivity index is 1.60. The average Bonchev–Trinajstić information content (AvgIpc) is 3.10. The minimum Gasteiger partial charge on any atom is -0.495 e. The second kappa shape index (κ2) is 7.81. The number of anilines is 1. The highest BCUT2D eigenvalue weighted by Crippen LogP contribution is 2.27. The molecule has 0 bridgehead atoms. The second-order valence-corrected chi connectivity index (χ2v) is 5.71. The zero-order valence-electron chi connectivity index (χ0n) is 13.5. The van der Waals surface area contributed by atoms with Gasteiger partial charge in [0.25, 0.3) is 0 Å². The van der Waals surface area contributed by atoms with Gasteiger partial charge in [-0.15, -0.1) is 0 Å². The Kier molecular flexibility index (Phi) is 5.30. The van der Waals surface area contributed by atoms with Gasteiger partial charge in [0.1, 0.15) is 5.75 Å². The van der Waals surface area contributed by atoms with Gasteiger partial charge in [0.05, 0.1) is 12.8 Å². The van der Waals surface area contributed by atoms with Crippen LogP contribution in [0.4, 0.5) is 5.69 Å². The van der Waals surface area contributed by atoms with Gasteiger partial charge < -0.3 is 14.6 Å². The summed E-state index contributed by atoms with van der Waals surface area (Å²) < 4.78 is 10.4. The minimum absolute atomic E-state index is 0.194. The molecule has 25 heavy (non-hydrogen) atoms. The number of hydrogen-bond donors (Lipinski definition) is 1. The van der Waals surface area contributed by atoms with E-state index in [9.17, 15) is 4.79 Å². The maximum absolute atomic E-state index is 12.1. The highest BCUT2D eigenvalue weighted by Gasteiger charge is 2.12. The van der Waals surface area contributed by atoms with Crippen LogP contribution < -0.4 is 10.1 Å². The average molecular weight is 358 g/mol. The SMILES string of the molecule is COc1ccc(Cl)cc1NC(=O)CCc1nc(-c2ccccc2)no1. The third-order valence-corrected chi connectivity index (χ3v) is 3.74. The molecular weight excluding hydrogens is 342 g/mol. The van der Waals surface area contributed by atoms with Crippen molar-refractivity contribution in [2.75, 3.05) is 12.4 Å². The van der Waals surface area contributed by atoms with E-state index in [1.807, 2.05) is 30.3 Å². The first kappa shape index (κ1) is 17.0. The number of ether oxygens (including phenoxy) is 1. The van der Waals surface area contributed by atoms with Crippen LogP contribution in [-0.4, -0.2) is 23.2 Å². The van der Waals surface area contributed by atoms with E-state index in [1.165, 1.54) is 7.11 Å². The first-order valence-electron chi connectivity index (χ1n) is 7.67. The van der Waals surface area contributed by atoms with Crippen LogP contribution in [0.3, 0.4) is 0 Å². The molecule has 1 aromatic heterocycles. The van der Waals surface area contributed by atoms with E-state index in [1.54, 1.807) is 18.2 Å². The largest absolute Gasteiger partial charge is 0.495 e. The monoisotopic (exact) mass is 357 g/mol. The number of aryl methyl sites for hydroxylation is 1. The normalized spacial score (nSPS) is 10.5. The molecule has 6 nitrogen and oxygen atoms in total. The smallest absolute Gasteiger partial charge is 0.227 e. The molecule has 0 radical (unpaired) electrons. The molecule has 0 aliphatic heterocycles. The highest BCUT2D eigenvalue weighted by molar-refractivity contribution is 6.31. The van der Waals surface area contributed by atoms with Crippen molar-refractivity contribution in [1.29, 1.82) is 0 Å². The molecule has 0 saturated heterocycles. The number of nitrogens with zero attached hydrogens (tertiary/aromatic N) is 2. The van der Waals surface area contributed by atoms with Crippen molar-refractivity contribution in [2.45, 2.75) is 12.8 Å². The number of carbonyl (C=O) groups excluding carboxylic acids is 1. The van der Waals surface area contributed by atoms with Crippen LogP contribution in [0.1, 0.15) is 12.3 Å². The lowest BCUT2D eigenvalue weighted by Gasteiger charge is -2.10. The van der Waals surface area contributed by atoms with Gasteiger partial charge in [0.15, 0.2) is 0 Å². The number of rotatable bonds is 6. The number of amides is 1. The van der Waals surface area contributed by atoms with Crippen molar-refractivity contribution in [3.8, 4) is 17.1 Å². The molecular formula is C18H16ClN3O3. The maximum atomic E-state index is 12.1. The Morgan fingerprint density at radius 1 is 1.24 bits per heavy atom. The molecule has 0 saturated carbocycles. The summed E-state index contributed by atoms with van der Waals surface area (Å²) in [5, 5.41) is 7.22. The van der Waals surface area contributed by atoms with Gasteiger partial charge in [0.2, 0.25) is 17.6 Å². The van der Waals surface area contributed by atoms with Crippen molar-refractivity contribution in [2.24, 2.45) is 0 Å². The van der Waals surface area contributed by atoms with Crippen molar-refractivity contribution < 1.29 is 14.1 Å². The van der Waals surface area contributed by atoms with Crippen LogP contribution in [-0.2, 0) is 11.2 Å². The van der Waals surface area contributed by atoms with Crippen molar-refractivity contribution in [1.82, 2.24) is 10.1 Å². The van der Waals surface area contributed by atoms with Gasteiger partial charge in [-0.1, -0.05) is 47.1 Å². The highest BCUT2D eigenvalue weighted by atomic mass is 35.5. The van der Waals surface area contributed by atoms with Crippen LogP contribution in [0.25, 0.3) is 11.4 Å². The molecule has 2 aromatic carbocycles. The molecule has 0 atom stereocenters. The second-order valence-electron chi connectivity index (χ2n) is 5.27. The summed E-state index contributed by atoms with van der Waals surface area (Å²) in [6, 6.07) is 14.5. The molecule has 1 N–H and O–H groups in total. The quantitative estimate of drug-likeness (QED) is 0.722. The van der Waals surface area contributed by atoms with Crippen molar-refractivity contribution in [3.63, 3.8) is 0 Å². The van der Waals surface area contributed by atoms with E-state index in [-0.39, 0.29) is 12.3 Å². The third-order valence-electron chi connectivity index (χ3n) is 3.50. The zero-order valence-corrected chi connectivity index (χ0v) is 14.3. The Hall–Kier alpha value is -2.86. The first-order valence-corrected chi connectivity index (χ1v) is 8.05. The zero-order chi connectivity index (χ0) is 17.6. The van der Waals surface area contributed by atoms with E-state index in [0.29, 0.717) is 34.6 Å². The van der Waals surface area contributed by atoms with E-state index < -0.39 is 0 Å². The summed E-state index contributed by atoms with van der Waals surface area (Å²) in [4.78, 5) is 16.4. The fourth-order valence-electron chi connectivity index (χ4n) is 2.27. The van der Waals surface area contributed by atoms with Crippen LogP contribution >= 0.6 is 11.6 Å². The lowest BCUT2D eigenvalue weighted by Crippen LogP contribution is -2.13. The third kappa shape index (κ3) is 4.36. The Morgan fingerprint density at radius 2 is 2.04 bits per heavy atom. The predicted octanol–water partition coefficient (Wildman–Crippen LogP) is 3.97. The van der Waals surface area contributed by atoms with Crippen molar-refractivity contribution >= 4 is 23.2 Å². The molecule has 0 fully saturated rings. The molecule has 0 spiro atoms. The van der Waals surface area contributed by atoms with E-state index in [0.717, 1.165) is 5.56 Å². The van der Waals surface area contributed by atoms with Crippen LogP contribution in [0.2, 0.25) is 5.02 Å². The van der Waals surface area contributed by atoms with Gasteiger partial charge in [-0.3, -0.25) is 4.79 Å². The Morgan fingerprint density at radius 3 is 2.80 bits per heavy atom. The molecule has 7 heteroatoms. The summed E-state index contributed by atoms with van der Waals surface area (Å²) in [5.41, 5.74) is 1.39. The molecule has 1 amide bonds. The van der Waals surface area contributed by atoms with E-state index in [2.05, 4.69) is 15.5 Å². The Labute approximate surface area is 149 Å². The number of halogens is 1. The molecule has 3 rings (SSSR count). The molecule has 128 valence electrons. The fraction of sp³-hybridized carbons (Fsp3) is 0.167. The summed E-state index contributed by atoms with van der Waals surface area (Å²) in [6.07, 6.45) is 0.542. The lowest BCUT2D eigenvalue weighted by molar-refractivity contribution is -0.116. The lowest BCUT2D eigenvalue weighted by atomic mass is 10.2. The van der Waals surface area contributed by atoms with E-state index >= 15 is 0 Å². The number of methoxy groups -OCH3 is 1. The minimum atomic E-state index is -0.194. The number of nitrogens with one attached hydrogen (secondary N) is 1. The van der Waals surface area contributed by atoms with Crippen LogP contribution in [0.5, 0.6) is 5.75 Å². The summed E-state index contributed by atoms with van der Waals surface area (Å²) in [7, 11) is 1.53. The van der Waals surface area contributed by atoms with Gasteiger partial charge in [-0.2, -0.15) is 4.98 Å². The number of hydrogen-bond acceptors (Lipinski definition) is 5. The maximum Gasteiger partial charge on any atom is 0.227 e. The summed E-state index contributed by atoms with van der Waals surface area (Å²) in [6.45, 7) is 0. The predicted molar refractivity (Wildman–Crippen MR) is 94.7 cm³/mol. The standard InChI is InChI=1S/C18H16ClN3O3/c1-24-15-8-7-13(19)11-14(15)20-16(23)9-10-17-21-18(22-25-17)12-5-3-2-4-6-12/h2-8,11H,9-10H2,1H3,(H,20,23). The van der Waals surface area contributed by atoms with Gasteiger partial charge >= 0.3 is 0 Å². The molecule has 0 aliphatic rings. The van der Waals surface area contributed by atoms with Gasteiger partial charge in [0, 0.05) is 23.4 Å². The van der Waals surface area contributed by atoms with Gasteiger partial charge in [-0.05, 0) is 18.2 Å². The molecule has 1 heterocycles. The molecule has 0 unspecified atom stereocenters. The number of carbonyl (C=O) groups is 1. The molecule has 0 aliphatic carbocycles. The summed E-state index contributed by atoms with van der Waals surface area (Å²) in [5.74, 6) is 1.27. The number of benzene rings is 2. The first-order chi connectivity index (χ1) is 12.2. The molecule has 3 aromatic rings. The number of aromatic nitrogens is 2. The van der Waals surface area contributed by atoms with Crippen LogP contribution in [0.15, 0.2) is 53.1 Å². The Bertz CT molecular complexity index is 865. The summed E-state index contributed by atoms with van der Waals surface area (Å²) >= 11 is 5.95.